The summed E-state index contributed by atoms with van der Waals surface area (Å²) >= 11 is 0. The molecule has 2 atom stereocenters. The quantitative estimate of drug-likeness (QED) is 0.930. The van der Waals surface area contributed by atoms with E-state index >= 15 is 0 Å². The molecule has 0 saturated carbocycles. The van der Waals surface area contributed by atoms with E-state index < -0.39 is 0 Å². The van der Waals surface area contributed by atoms with E-state index in [1.807, 2.05) is 0 Å². The Bertz CT molecular complexity index is 471. The van der Waals surface area contributed by atoms with Crippen molar-refractivity contribution < 1.29 is 9.53 Å². The molecule has 2 heterocycles. The fourth-order valence-corrected chi connectivity index (χ4v) is 3.50. The van der Waals surface area contributed by atoms with Gasteiger partial charge in [0.15, 0.2) is 0 Å². The van der Waals surface area contributed by atoms with Crippen LogP contribution in [0.1, 0.15) is 37.2 Å². The van der Waals surface area contributed by atoms with Gasteiger partial charge in [-0.2, -0.15) is 0 Å². The van der Waals surface area contributed by atoms with Crippen LogP contribution in [0.4, 0.5) is 0 Å². The van der Waals surface area contributed by atoms with E-state index in [1.54, 1.807) is 0 Å². The van der Waals surface area contributed by atoms with Crippen molar-refractivity contribution in [3.8, 4) is 0 Å². The van der Waals surface area contributed by atoms with Gasteiger partial charge in [-0.25, -0.2) is 0 Å². The smallest absolute Gasteiger partial charge is 0.224 e. The fraction of sp³-hybridized carbons (Fsp3) is 0.611. The van der Waals surface area contributed by atoms with Crippen LogP contribution in [0.15, 0.2) is 30.3 Å². The van der Waals surface area contributed by atoms with Gasteiger partial charge < -0.3 is 15.0 Å². The molecule has 3 rings (SSSR count). The molecule has 2 aliphatic heterocycles. The zero-order valence-corrected chi connectivity index (χ0v) is 13.2. The minimum atomic E-state index is 0.189. The third-order valence-corrected chi connectivity index (χ3v) is 4.77. The SMILES string of the molecule is O=C(CC1COCCN1)N1CCCC(c2ccccc2)CC1. The molecule has 1 amide bonds. The number of amides is 1. The summed E-state index contributed by atoms with van der Waals surface area (Å²) in [6.07, 6.45) is 3.92. The number of likely N-dealkylation sites (tertiary alicyclic amines) is 1. The number of ether oxygens (including phenoxy) is 1. The molecule has 2 fully saturated rings. The molecule has 2 saturated heterocycles. The first kappa shape index (κ1) is 15.5. The van der Waals surface area contributed by atoms with Gasteiger partial charge in [-0.05, 0) is 30.7 Å². The van der Waals surface area contributed by atoms with Gasteiger partial charge in [0.05, 0.1) is 13.2 Å². The van der Waals surface area contributed by atoms with Crippen molar-refractivity contribution >= 4 is 5.91 Å². The van der Waals surface area contributed by atoms with Crippen LogP contribution < -0.4 is 5.32 Å². The van der Waals surface area contributed by atoms with Crippen LogP contribution in [0, 0.1) is 0 Å². The van der Waals surface area contributed by atoms with Crippen LogP contribution in [-0.4, -0.2) is 49.7 Å². The van der Waals surface area contributed by atoms with Gasteiger partial charge in [0, 0.05) is 32.1 Å². The van der Waals surface area contributed by atoms with Crippen molar-refractivity contribution in [3.63, 3.8) is 0 Å². The number of carbonyl (C=O) groups is 1. The lowest BCUT2D eigenvalue weighted by atomic mass is 9.92. The Kier molecular flexibility index (Phi) is 5.46. The van der Waals surface area contributed by atoms with Crippen LogP contribution in [-0.2, 0) is 9.53 Å². The van der Waals surface area contributed by atoms with Gasteiger partial charge in [-0.1, -0.05) is 30.3 Å². The van der Waals surface area contributed by atoms with E-state index in [4.69, 9.17) is 4.74 Å². The zero-order valence-electron chi connectivity index (χ0n) is 13.2. The molecule has 1 aromatic rings. The Morgan fingerprint density at radius 3 is 2.86 bits per heavy atom. The molecule has 4 heteroatoms. The molecule has 0 bridgehead atoms. The number of benzene rings is 1. The highest BCUT2D eigenvalue weighted by atomic mass is 16.5. The molecular formula is C18H26N2O2. The summed E-state index contributed by atoms with van der Waals surface area (Å²) in [7, 11) is 0. The molecule has 1 aromatic carbocycles. The molecule has 0 aromatic heterocycles. The Hall–Kier alpha value is -1.39. The first-order chi connectivity index (χ1) is 10.8. The van der Waals surface area contributed by atoms with Gasteiger partial charge in [-0.15, -0.1) is 0 Å². The molecular weight excluding hydrogens is 276 g/mol. The average Bonchev–Trinajstić information content (AvgIpc) is 2.83. The lowest BCUT2D eigenvalue weighted by Crippen LogP contribution is -2.45. The predicted octanol–water partition coefficient (Wildman–Crippen LogP) is 2.16. The van der Waals surface area contributed by atoms with E-state index in [0.29, 0.717) is 18.9 Å². The third kappa shape index (κ3) is 4.08. The Labute approximate surface area is 132 Å². The lowest BCUT2D eigenvalue weighted by molar-refractivity contribution is -0.132. The molecule has 2 unspecified atom stereocenters. The standard InChI is InChI=1S/C18H26N2O2/c21-18(13-17-14-22-12-9-19-17)20-10-4-7-16(8-11-20)15-5-2-1-3-6-15/h1-3,5-6,16-17,19H,4,7-14H2. The van der Waals surface area contributed by atoms with E-state index in [2.05, 4.69) is 40.5 Å². The number of nitrogens with zero attached hydrogens (tertiary/aromatic N) is 1. The Balaban J connectivity index is 1.52. The van der Waals surface area contributed by atoms with Crippen LogP contribution in [0.25, 0.3) is 0 Å². The summed E-state index contributed by atoms with van der Waals surface area (Å²) in [6.45, 7) is 4.05. The molecule has 2 aliphatic rings. The number of morpholine rings is 1. The van der Waals surface area contributed by atoms with E-state index in [9.17, 15) is 4.79 Å². The van der Waals surface area contributed by atoms with Gasteiger partial charge in [0.25, 0.3) is 0 Å². The second-order valence-electron chi connectivity index (χ2n) is 6.35. The highest BCUT2D eigenvalue weighted by molar-refractivity contribution is 5.76. The van der Waals surface area contributed by atoms with E-state index in [0.717, 1.165) is 39.1 Å². The maximum atomic E-state index is 12.5. The summed E-state index contributed by atoms with van der Waals surface area (Å²) in [5.41, 5.74) is 1.42. The summed E-state index contributed by atoms with van der Waals surface area (Å²) < 4.78 is 5.44. The highest BCUT2D eigenvalue weighted by Gasteiger charge is 2.24. The molecule has 1 N–H and O–H groups in total. The molecule has 4 nitrogen and oxygen atoms in total. The summed E-state index contributed by atoms with van der Waals surface area (Å²) in [5, 5.41) is 3.37. The molecule has 0 spiro atoms. The minimum absolute atomic E-state index is 0.189. The number of nitrogens with one attached hydrogen (secondary N) is 1. The van der Waals surface area contributed by atoms with Crippen molar-refractivity contribution in [2.75, 3.05) is 32.8 Å². The maximum Gasteiger partial charge on any atom is 0.224 e. The Morgan fingerprint density at radius 2 is 2.09 bits per heavy atom. The van der Waals surface area contributed by atoms with Crippen molar-refractivity contribution in [1.29, 1.82) is 0 Å². The van der Waals surface area contributed by atoms with Crippen LogP contribution in [0.5, 0.6) is 0 Å². The van der Waals surface area contributed by atoms with Gasteiger partial charge in [0.2, 0.25) is 5.91 Å². The number of hydrogen-bond acceptors (Lipinski definition) is 3. The zero-order chi connectivity index (χ0) is 15.2. The van der Waals surface area contributed by atoms with Crippen molar-refractivity contribution in [3.05, 3.63) is 35.9 Å². The molecule has 0 radical (unpaired) electrons. The van der Waals surface area contributed by atoms with Crippen LogP contribution in [0.2, 0.25) is 0 Å². The van der Waals surface area contributed by atoms with Crippen LogP contribution >= 0.6 is 0 Å². The minimum Gasteiger partial charge on any atom is -0.378 e. The second-order valence-corrected chi connectivity index (χ2v) is 6.35. The van der Waals surface area contributed by atoms with Crippen molar-refractivity contribution in [1.82, 2.24) is 10.2 Å². The maximum absolute atomic E-state index is 12.5. The number of carbonyl (C=O) groups excluding carboxylic acids is 1. The first-order valence-corrected chi connectivity index (χ1v) is 8.47. The molecule has 120 valence electrons. The van der Waals surface area contributed by atoms with Gasteiger partial charge in [0.1, 0.15) is 0 Å². The second kappa shape index (κ2) is 7.75. The first-order valence-electron chi connectivity index (χ1n) is 8.47. The largest absolute Gasteiger partial charge is 0.378 e. The van der Waals surface area contributed by atoms with Crippen molar-refractivity contribution in [2.45, 2.75) is 37.6 Å². The highest BCUT2D eigenvalue weighted by Crippen LogP contribution is 2.28. The summed E-state index contributed by atoms with van der Waals surface area (Å²) in [4.78, 5) is 14.5. The van der Waals surface area contributed by atoms with Crippen LogP contribution in [0.3, 0.4) is 0 Å². The predicted molar refractivity (Wildman–Crippen MR) is 86.8 cm³/mol. The number of hydrogen-bond donors (Lipinski definition) is 1. The van der Waals surface area contributed by atoms with Crippen molar-refractivity contribution in [2.24, 2.45) is 0 Å². The summed E-state index contributed by atoms with van der Waals surface area (Å²) in [5.74, 6) is 0.867. The molecule has 22 heavy (non-hydrogen) atoms. The monoisotopic (exact) mass is 302 g/mol. The third-order valence-electron chi connectivity index (χ3n) is 4.77. The average molecular weight is 302 g/mol. The lowest BCUT2D eigenvalue weighted by Gasteiger charge is -2.27. The van der Waals surface area contributed by atoms with E-state index in [1.165, 1.54) is 12.0 Å². The van der Waals surface area contributed by atoms with Gasteiger partial charge in [-0.3, -0.25) is 4.79 Å². The summed E-state index contributed by atoms with van der Waals surface area (Å²) in [6, 6.07) is 10.9. The fourth-order valence-electron chi connectivity index (χ4n) is 3.50. The topological polar surface area (TPSA) is 41.6 Å². The normalized spacial score (nSPS) is 26.5. The molecule has 0 aliphatic carbocycles. The Morgan fingerprint density at radius 1 is 1.23 bits per heavy atom. The van der Waals surface area contributed by atoms with E-state index in [-0.39, 0.29) is 11.9 Å². The van der Waals surface area contributed by atoms with Gasteiger partial charge >= 0.3 is 0 Å². The number of rotatable bonds is 3.